The monoisotopic (exact) mass is 253 g/mol. The fourth-order valence-corrected chi connectivity index (χ4v) is 3.10. The fourth-order valence-electron chi connectivity index (χ4n) is 2.41. The van der Waals surface area contributed by atoms with Gasteiger partial charge in [0.1, 0.15) is 5.82 Å². The van der Waals surface area contributed by atoms with E-state index < -0.39 is 0 Å². The number of hydrogen-bond acceptors (Lipinski definition) is 4. The Morgan fingerprint density at radius 3 is 2.59 bits per heavy atom. The van der Waals surface area contributed by atoms with Crippen LogP contribution in [0, 0.1) is 0 Å². The van der Waals surface area contributed by atoms with Crippen molar-refractivity contribution in [2.45, 2.75) is 70.8 Å². The topological polar surface area (TPSA) is 37.8 Å². The maximum absolute atomic E-state index is 4.54. The Bertz CT molecular complexity index is 316. The molecule has 0 bridgehead atoms. The van der Waals surface area contributed by atoms with Gasteiger partial charge in [0.25, 0.3) is 0 Å². The van der Waals surface area contributed by atoms with Gasteiger partial charge in [0.15, 0.2) is 0 Å². The van der Waals surface area contributed by atoms with Crippen molar-refractivity contribution in [2.75, 3.05) is 5.32 Å². The van der Waals surface area contributed by atoms with Gasteiger partial charge >= 0.3 is 0 Å². The van der Waals surface area contributed by atoms with Crippen molar-refractivity contribution >= 4 is 16.7 Å². The molecule has 96 valence electrons. The van der Waals surface area contributed by atoms with E-state index in [9.17, 15) is 0 Å². The zero-order valence-electron chi connectivity index (χ0n) is 10.7. The van der Waals surface area contributed by atoms with Crippen LogP contribution in [0.4, 0.5) is 5.13 Å². The van der Waals surface area contributed by atoms with Crippen molar-refractivity contribution in [2.24, 2.45) is 0 Å². The summed E-state index contributed by atoms with van der Waals surface area (Å²) in [7, 11) is 0. The number of nitrogens with zero attached hydrogens (tertiary/aromatic N) is 2. The number of anilines is 1. The van der Waals surface area contributed by atoms with Crippen LogP contribution in [-0.2, 0) is 6.42 Å². The summed E-state index contributed by atoms with van der Waals surface area (Å²) in [5.41, 5.74) is 0. The van der Waals surface area contributed by atoms with E-state index in [4.69, 9.17) is 0 Å². The van der Waals surface area contributed by atoms with Crippen molar-refractivity contribution < 1.29 is 0 Å². The molecule has 1 fully saturated rings. The highest BCUT2D eigenvalue weighted by Gasteiger charge is 2.13. The molecule has 0 aromatic carbocycles. The summed E-state index contributed by atoms with van der Waals surface area (Å²) in [6.07, 6.45) is 11.7. The van der Waals surface area contributed by atoms with Gasteiger partial charge in [-0.15, -0.1) is 0 Å². The van der Waals surface area contributed by atoms with E-state index in [0.717, 1.165) is 23.8 Å². The van der Waals surface area contributed by atoms with Crippen LogP contribution in [0.5, 0.6) is 0 Å². The van der Waals surface area contributed by atoms with Gasteiger partial charge in [-0.3, -0.25) is 0 Å². The summed E-state index contributed by atoms with van der Waals surface area (Å²) in [5, 5.41) is 4.60. The zero-order chi connectivity index (χ0) is 11.9. The minimum Gasteiger partial charge on any atom is -0.358 e. The predicted molar refractivity (Wildman–Crippen MR) is 73.6 cm³/mol. The van der Waals surface area contributed by atoms with Gasteiger partial charge < -0.3 is 5.32 Å². The molecule has 1 saturated carbocycles. The molecule has 0 radical (unpaired) electrons. The first kappa shape index (κ1) is 12.8. The number of aromatic nitrogens is 2. The number of hydrogen-bond donors (Lipinski definition) is 1. The molecule has 0 atom stereocenters. The third kappa shape index (κ3) is 4.26. The smallest absolute Gasteiger partial charge is 0.202 e. The van der Waals surface area contributed by atoms with Crippen LogP contribution in [0.1, 0.15) is 64.1 Å². The van der Waals surface area contributed by atoms with Crippen LogP contribution < -0.4 is 5.32 Å². The molecular weight excluding hydrogens is 230 g/mol. The average Bonchev–Trinajstić information content (AvgIpc) is 2.70. The molecule has 1 N–H and O–H groups in total. The van der Waals surface area contributed by atoms with E-state index in [1.54, 1.807) is 0 Å². The summed E-state index contributed by atoms with van der Waals surface area (Å²) in [5.74, 6) is 1.01. The second kappa shape index (κ2) is 6.94. The number of nitrogens with one attached hydrogen (secondary N) is 1. The van der Waals surface area contributed by atoms with Crippen molar-refractivity contribution in [1.29, 1.82) is 0 Å². The third-order valence-electron chi connectivity index (χ3n) is 3.37. The molecule has 2 rings (SSSR count). The fraction of sp³-hybridized carbons (Fsp3) is 0.846. The molecule has 1 heterocycles. The molecule has 1 aromatic heterocycles. The van der Waals surface area contributed by atoms with Crippen LogP contribution in [0.2, 0.25) is 0 Å². The molecule has 0 unspecified atom stereocenters. The minimum atomic E-state index is 0.623. The van der Waals surface area contributed by atoms with Gasteiger partial charge in [0.2, 0.25) is 5.13 Å². The Labute approximate surface area is 108 Å². The maximum Gasteiger partial charge on any atom is 0.202 e. The molecule has 0 amide bonds. The normalized spacial score (nSPS) is 18.6. The minimum absolute atomic E-state index is 0.623. The largest absolute Gasteiger partial charge is 0.358 e. The first-order chi connectivity index (χ1) is 8.38. The molecule has 0 saturated heterocycles. The van der Waals surface area contributed by atoms with Gasteiger partial charge in [-0.25, -0.2) is 4.98 Å². The van der Waals surface area contributed by atoms with E-state index in [1.807, 2.05) is 0 Å². The molecule has 1 aromatic rings. The summed E-state index contributed by atoms with van der Waals surface area (Å²) in [6, 6.07) is 0.623. The SMILES string of the molecule is CCCc1nsc(NC2CCCCCCC2)n1. The van der Waals surface area contributed by atoms with Crippen molar-refractivity contribution in [3.63, 3.8) is 0 Å². The third-order valence-corrected chi connectivity index (χ3v) is 4.06. The van der Waals surface area contributed by atoms with Crippen LogP contribution >= 0.6 is 11.5 Å². The lowest BCUT2D eigenvalue weighted by molar-refractivity contribution is 0.471. The Kier molecular flexibility index (Phi) is 5.23. The van der Waals surface area contributed by atoms with E-state index in [2.05, 4.69) is 21.6 Å². The highest BCUT2D eigenvalue weighted by atomic mass is 32.1. The average molecular weight is 253 g/mol. The van der Waals surface area contributed by atoms with Crippen molar-refractivity contribution in [3.05, 3.63) is 5.82 Å². The van der Waals surface area contributed by atoms with Gasteiger partial charge in [0, 0.05) is 24.0 Å². The number of rotatable bonds is 4. The van der Waals surface area contributed by atoms with Gasteiger partial charge in [-0.05, 0) is 19.3 Å². The zero-order valence-corrected chi connectivity index (χ0v) is 11.6. The second-order valence-electron chi connectivity index (χ2n) is 4.95. The van der Waals surface area contributed by atoms with E-state index in [1.165, 1.54) is 56.5 Å². The molecule has 0 spiro atoms. The first-order valence-corrected chi connectivity index (χ1v) is 7.75. The van der Waals surface area contributed by atoms with Crippen LogP contribution in [0.3, 0.4) is 0 Å². The summed E-state index contributed by atoms with van der Waals surface area (Å²) < 4.78 is 4.38. The van der Waals surface area contributed by atoms with E-state index in [0.29, 0.717) is 6.04 Å². The van der Waals surface area contributed by atoms with Crippen LogP contribution in [0.25, 0.3) is 0 Å². The van der Waals surface area contributed by atoms with E-state index >= 15 is 0 Å². The predicted octanol–water partition coefficient (Wildman–Crippen LogP) is 4.02. The van der Waals surface area contributed by atoms with Crippen molar-refractivity contribution in [3.8, 4) is 0 Å². The first-order valence-electron chi connectivity index (χ1n) is 6.97. The van der Waals surface area contributed by atoms with Gasteiger partial charge in [-0.1, -0.05) is 39.0 Å². The Balaban J connectivity index is 1.84. The molecule has 4 heteroatoms. The molecule has 1 aliphatic rings. The summed E-state index contributed by atoms with van der Waals surface area (Å²) in [4.78, 5) is 4.54. The quantitative estimate of drug-likeness (QED) is 0.881. The van der Waals surface area contributed by atoms with Crippen LogP contribution in [0.15, 0.2) is 0 Å². The maximum atomic E-state index is 4.54. The lowest BCUT2D eigenvalue weighted by Gasteiger charge is -2.20. The second-order valence-corrected chi connectivity index (χ2v) is 5.70. The standard InChI is InChI=1S/C13H23N3S/c1-2-8-12-15-13(17-16-12)14-11-9-6-4-3-5-7-10-11/h11H,2-10H2,1H3,(H,14,15,16). The summed E-state index contributed by atoms with van der Waals surface area (Å²) in [6.45, 7) is 2.17. The highest BCUT2D eigenvalue weighted by molar-refractivity contribution is 7.09. The molecular formula is C13H23N3S. The molecule has 17 heavy (non-hydrogen) atoms. The van der Waals surface area contributed by atoms with Gasteiger partial charge in [-0.2, -0.15) is 4.37 Å². The Hall–Kier alpha value is -0.640. The lowest BCUT2D eigenvalue weighted by atomic mass is 9.97. The highest BCUT2D eigenvalue weighted by Crippen LogP contribution is 2.21. The lowest BCUT2D eigenvalue weighted by Crippen LogP contribution is -2.20. The van der Waals surface area contributed by atoms with Gasteiger partial charge in [0.05, 0.1) is 0 Å². The molecule has 3 nitrogen and oxygen atoms in total. The van der Waals surface area contributed by atoms with Crippen LogP contribution in [-0.4, -0.2) is 15.4 Å². The van der Waals surface area contributed by atoms with Crippen molar-refractivity contribution in [1.82, 2.24) is 9.36 Å². The number of aryl methyl sites for hydroxylation is 1. The Morgan fingerprint density at radius 1 is 1.18 bits per heavy atom. The molecule has 0 aliphatic heterocycles. The summed E-state index contributed by atoms with van der Waals surface area (Å²) >= 11 is 1.52. The molecule has 1 aliphatic carbocycles. The Morgan fingerprint density at radius 2 is 1.88 bits per heavy atom. The van der Waals surface area contributed by atoms with E-state index in [-0.39, 0.29) is 0 Å².